The SMILES string of the molecule is O=C(c1cccc(O)c1)N(CCBr)C1CCCC1. The molecule has 0 spiro atoms. The molecule has 0 bridgehead atoms. The highest BCUT2D eigenvalue weighted by Gasteiger charge is 2.26. The average molecular weight is 312 g/mol. The van der Waals surface area contributed by atoms with E-state index in [9.17, 15) is 9.90 Å². The highest BCUT2D eigenvalue weighted by molar-refractivity contribution is 9.09. The number of nitrogens with zero attached hydrogens (tertiary/aromatic N) is 1. The molecule has 0 saturated heterocycles. The molecule has 1 aliphatic rings. The second-order valence-corrected chi connectivity index (χ2v) is 5.47. The quantitative estimate of drug-likeness (QED) is 0.868. The number of phenols is 1. The van der Waals surface area contributed by atoms with Crippen LogP contribution in [0.4, 0.5) is 0 Å². The Labute approximate surface area is 116 Å². The first-order chi connectivity index (χ1) is 8.72. The maximum Gasteiger partial charge on any atom is 0.254 e. The monoisotopic (exact) mass is 311 g/mol. The van der Waals surface area contributed by atoms with Crippen LogP contribution in [0, 0.1) is 0 Å². The van der Waals surface area contributed by atoms with Crippen LogP contribution in [0.1, 0.15) is 36.0 Å². The van der Waals surface area contributed by atoms with Crippen molar-refractivity contribution in [3.05, 3.63) is 29.8 Å². The number of hydrogen-bond donors (Lipinski definition) is 1. The fourth-order valence-corrected chi connectivity index (χ4v) is 2.94. The van der Waals surface area contributed by atoms with Gasteiger partial charge >= 0.3 is 0 Å². The molecule has 1 N–H and O–H groups in total. The minimum Gasteiger partial charge on any atom is -0.508 e. The van der Waals surface area contributed by atoms with Crippen LogP contribution in [0.2, 0.25) is 0 Å². The molecular formula is C14H18BrNO2. The van der Waals surface area contributed by atoms with Gasteiger partial charge in [0.25, 0.3) is 5.91 Å². The van der Waals surface area contributed by atoms with Gasteiger partial charge in [0.05, 0.1) is 0 Å². The van der Waals surface area contributed by atoms with Crippen molar-refractivity contribution in [2.45, 2.75) is 31.7 Å². The third-order valence-electron chi connectivity index (χ3n) is 3.44. The van der Waals surface area contributed by atoms with E-state index in [-0.39, 0.29) is 11.7 Å². The van der Waals surface area contributed by atoms with Crippen molar-refractivity contribution in [3.63, 3.8) is 0 Å². The van der Waals surface area contributed by atoms with Gasteiger partial charge < -0.3 is 10.0 Å². The van der Waals surface area contributed by atoms with Crippen LogP contribution in [0.25, 0.3) is 0 Å². The van der Waals surface area contributed by atoms with Crippen molar-refractivity contribution >= 4 is 21.8 Å². The minimum absolute atomic E-state index is 0.0252. The average Bonchev–Trinajstić information content (AvgIpc) is 2.89. The summed E-state index contributed by atoms with van der Waals surface area (Å²) in [6, 6.07) is 6.96. The summed E-state index contributed by atoms with van der Waals surface area (Å²) in [7, 11) is 0. The van der Waals surface area contributed by atoms with Crippen molar-refractivity contribution in [2.24, 2.45) is 0 Å². The third-order valence-corrected chi connectivity index (χ3v) is 3.80. The topological polar surface area (TPSA) is 40.5 Å². The first-order valence-corrected chi connectivity index (χ1v) is 7.50. The summed E-state index contributed by atoms with van der Waals surface area (Å²) >= 11 is 3.41. The zero-order valence-electron chi connectivity index (χ0n) is 10.3. The number of aromatic hydroxyl groups is 1. The van der Waals surface area contributed by atoms with E-state index in [2.05, 4.69) is 15.9 Å². The smallest absolute Gasteiger partial charge is 0.254 e. The first kappa shape index (κ1) is 13.4. The van der Waals surface area contributed by atoms with Gasteiger partial charge in [-0.05, 0) is 31.0 Å². The molecular weight excluding hydrogens is 294 g/mol. The number of carbonyl (C=O) groups excluding carboxylic acids is 1. The van der Waals surface area contributed by atoms with Crippen molar-refractivity contribution < 1.29 is 9.90 Å². The highest BCUT2D eigenvalue weighted by atomic mass is 79.9. The van der Waals surface area contributed by atoms with Gasteiger partial charge in [0.15, 0.2) is 0 Å². The van der Waals surface area contributed by atoms with E-state index in [0.717, 1.165) is 24.7 Å². The zero-order valence-corrected chi connectivity index (χ0v) is 11.9. The summed E-state index contributed by atoms with van der Waals surface area (Å²) in [6.45, 7) is 0.721. The van der Waals surface area contributed by atoms with Crippen molar-refractivity contribution in [1.29, 1.82) is 0 Å². The van der Waals surface area contributed by atoms with Crippen LogP contribution in [0.5, 0.6) is 5.75 Å². The van der Waals surface area contributed by atoms with Crippen molar-refractivity contribution in [2.75, 3.05) is 11.9 Å². The van der Waals surface area contributed by atoms with Crippen LogP contribution in [0.3, 0.4) is 0 Å². The molecule has 98 valence electrons. The Bertz CT molecular complexity index is 416. The molecule has 0 radical (unpaired) electrons. The first-order valence-electron chi connectivity index (χ1n) is 6.38. The summed E-state index contributed by atoms with van der Waals surface area (Å²) in [6.07, 6.45) is 4.60. The van der Waals surface area contributed by atoms with Crippen LogP contribution in [-0.2, 0) is 0 Å². The van der Waals surface area contributed by atoms with E-state index >= 15 is 0 Å². The number of benzene rings is 1. The molecule has 4 heteroatoms. The van der Waals surface area contributed by atoms with Gasteiger partial charge in [0.2, 0.25) is 0 Å². The van der Waals surface area contributed by atoms with Gasteiger partial charge in [-0.2, -0.15) is 0 Å². The molecule has 0 heterocycles. The lowest BCUT2D eigenvalue weighted by Gasteiger charge is -2.28. The number of carbonyl (C=O) groups is 1. The molecule has 18 heavy (non-hydrogen) atoms. The Morgan fingerprint density at radius 2 is 2.11 bits per heavy atom. The van der Waals surface area contributed by atoms with Gasteiger partial charge in [0, 0.05) is 23.5 Å². The van der Waals surface area contributed by atoms with E-state index in [1.54, 1.807) is 24.3 Å². The normalized spacial score (nSPS) is 15.8. The third kappa shape index (κ3) is 3.05. The molecule has 0 aliphatic heterocycles. The molecule has 0 unspecified atom stereocenters. The summed E-state index contributed by atoms with van der Waals surface area (Å²) < 4.78 is 0. The molecule has 1 aromatic rings. The largest absolute Gasteiger partial charge is 0.508 e. The van der Waals surface area contributed by atoms with E-state index in [0.29, 0.717) is 11.6 Å². The molecule has 1 aromatic carbocycles. The lowest BCUT2D eigenvalue weighted by atomic mass is 10.1. The second-order valence-electron chi connectivity index (χ2n) is 4.68. The summed E-state index contributed by atoms with van der Waals surface area (Å²) in [5.74, 6) is 0.170. The number of hydrogen-bond acceptors (Lipinski definition) is 2. The number of phenolic OH excluding ortho intramolecular Hbond substituents is 1. The van der Waals surface area contributed by atoms with Crippen molar-refractivity contribution in [1.82, 2.24) is 4.90 Å². The second kappa shape index (κ2) is 6.23. The molecule has 1 aliphatic carbocycles. The summed E-state index contributed by atoms with van der Waals surface area (Å²) in [5, 5.41) is 10.2. The molecule has 0 atom stereocenters. The van der Waals surface area contributed by atoms with Crippen molar-refractivity contribution in [3.8, 4) is 5.75 Å². The van der Waals surface area contributed by atoms with Crippen LogP contribution in [-0.4, -0.2) is 33.8 Å². The number of rotatable bonds is 4. The summed E-state index contributed by atoms with van der Waals surface area (Å²) in [4.78, 5) is 14.4. The number of alkyl halides is 1. The van der Waals surface area contributed by atoms with Gasteiger partial charge in [-0.25, -0.2) is 0 Å². The molecule has 2 rings (SSSR count). The molecule has 0 aromatic heterocycles. The van der Waals surface area contributed by atoms with Crippen LogP contribution >= 0.6 is 15.9 Å². The van der Waals surface area contributed by atoms with E-state index in [1.165, 1.54) is 12.8 Å². The van der Waals surface area contributed by atoms with Gasteiger partial charge in [-0.3, -0.25) is 4.79 Å². The Hall–Kier alpha value is -1.03. The van der Waals surface area contributed by atoms with E-state index in [4.69, 9.17) is 0 Å². The predicted molar refractivity (Wildman–Crippen MR) is 75.2 cm³/mol. The minimum atomic E-state index is 0.0252. The lowest BCUT2D eigenvalue weighted by Crippen LogP contribution is -2.40. The molecule has 1 fully saturated rings. The predicted octanol–water partition coefficient (Wildman–Crippen LogP) is 3.17. The maximum atomic E-state index is 12.5. The van der Waals surface area contributed by atoms with Crippen LogP contribution in [0.15, 0.2) is 24.3 Å². The Morgan fingerprint density at radius 3 is 2.72 bits per heavy atom. The zero-order chi connectivity index (χ0) is 13.0. The molecule has 1 saturated carbocycles. The van der Waals surface area contributed by atoms with Gasteiger partial charge in [0.1, 0.15) is 5.75 Å². The fraction of sp³-hybridized carbons (Fsp3) is 0.500. The fourth-order valence-electron chi connectivity index (χ4n) is 2.56. The molecule has 3 nitrogen and oxygen atoms in total. The Morgan fingerprint density at radius 1 is 1.39 bits per heavy atom. The standard InChI is InChI=1S/C14H18BrNO2/c15-8-9-16(12-5-1-2-6-12)14(18)11-4-3-7-13(17)10-11/h3-4,7,10,12,17H,1-2,5-6,8-9H2. The maximum absolute atomic E-state index is 12.5. The van der Waals surface area contributed by atoms with E-state index in [1.807, 2.05) is 4.90 Å². The van der Waals surface area contributed by atoms with Gasteiger partial charge in [-0.1, -0.05) is 34.8 Å². The molecule has 1 amide bonds. The Kier molecular flexibility index (Phi) is 4.64. The Balaban J connectivity index is 2.17. The number of halogens is 1. The number of amides is 1. The van der Waals surface area contributed by atoms with Gasteiger partial charge in [-0.15, -0.1) is 0 Å². The lowest BCUT2D eigenvalue weighted by molar-refractivity contribution is 0.0696. The summed E-state index contributed by atoms with van der Waals surface area (Å²) in [5.41, 5.74) is 0.572. The highest BCUT2D eigenvalue weighted by Crippen LogP contribution is 2.25. The van der Waals surface area contributed by atoms with Crippen LogP contribution < -0.4 is 0 Å². The van der Waals surface area contributed by atoms with E-state index < -0.39 is 0 Å².